The molecule has 10 aromatic carbocycles. The Labute approximate surface area is 511 Å². The summed E-state index contributed by atoms with van der Waals surface area (Å²) in [6.45, 7) is 22.9. The van der Waals surface area contributed by atoms with E-state index in [4.69, 9.17) is 9.72 Å². The van der Waals surface area contributed by atoms with Crippen molar-refractivity contribution >= 4 is 98.3 Å². The Hall–Kier alpha value is -9.09. The van der Waals surface area contributed by atoms with Crippen LogP contribution >= 0.6 is 0 Å². The Bertz CT molecular complexity index is 5030. The third-order valence-electron chi connectivity index (χ3n) is 17.3. The number of hydrogen-bond donors (Lipinski definition) is 0. The van der Waals surface area contributed by atoms with E-state index in [1.165, 1.54) is 65.6 Å². The molecule has 0 radical (unpaired) electrons. The van der Waals surface area contributed by atoms with Gasteiger partial charge in [-0.25, -0.2) is 4.98 Å². The molecule has 1 aliphatic rings. The molecular formula is C78H64N5OPt-3. The summed E-state index contributed by atoms with van der Waals surface area (Å²) < 4.78 is 14.0. The number of aromatic nitrogens is 4. The number of fused-ring (bicyclic) bond motifs is 13. The number of benzene rings is 10. The van der Waals surface area contributed by atoms with Gasteiger partial charge in [0.2, 0.25) is 0 Å². The number of anilines is 2. The molecule has 85 heavy (non-hydrogen) atoms. The fourth-order valence-electron chi connectivity index (χ4n) is 12.9. The van der Waals surface area contributed by atoms with E-state index in [1.807, 2.05) is 18.3 Å². The molecule has 0 saturated heterocycles. The molecule has 0 bridgehead atoms. The van der Waals surface area contributed by atoms with E-state index in [9.17, 15) is 0 Å². The number of ether oxygens (including phenoxy) is 1. The summed E-state index contributed by atoms with van der Waals surface area (Å²) in [4.78, 5) is 7.32. The van der Waals surface area contributed by atoms with Gasteiger partial charge >= 0.3 is 0 Å². The van der Waals surface area contributed by atoms with Gasteiger partial charge in [-0.3, -0.25) is 0 Å². The van der Waals surface area contributed by atoms with Crippen LogP contribution in [0.2, 0.25) is 0 Å². The van der Waals surface area contributed by atoms with Crippen molar-refractivity contribution < 1.29 is 25.8 Å². The second-order valence-corrected chi connectivity index (χ2v) is 25.8. The van der Waals surface area contributed by atoms with Gasteiger partial charge in [0, 0.05) is 66.4 Å². The van der Waals surface area contributed by atoms with E-state index in [1.54, 1.807) is 0 Å². The van der Waals surface area contributed by atoms with Crippen LogP contribution in [0.25, 0.3) is 110 Å². The average molecular weight is 1280 g/mol. The van der Waals surface area contributed by atoms with Gasteiger partial charge in [-0.1, -0.05) is 207 Å². The molecule has 0 amide bonds. The van der Waals surface area contributed by atoms with E-state index >= 15 is 0 Å². The second kappa shape index (κ2) is 20.0. The molecule has 15 rings (SSSR count). The topological polar surface area (TPSA) is 40.1 Å². The zero-order valence-corrected chi connectivity index (χ0v) is 51.6. The Morgan fingerprint density at radius 1 is 0.412 bits per heavy atom. The largest absolute Gasteiger partial charge is 0.509 e. The van der Waals surface area contributed by atoms with Crippen LogP contribution in [0.15, 0.2) is 219 Å². The van der Waals surface area contributed by atoms with Gasteiger partial charge in [-0.2, -0.15) is 12.1 Å². The number of hydrogen-bond acceptors (Lipinski definition) is 3. The second-order valence-electron chi connectivity index (χ2n) is 25.8. The minimum absolute atomic E-state index is 0. The summed E-state index contributed by atoms with van der Waals surface area (Å²) in [5.41, 5.74) is 15.4. The predicted molar refractivity (Wildman–Crippen MR) is 353 cm³/mol. The third-order valence-corrected chi connectivity index (χ3v) is 17.3. The summed E-state index contributed by atoms with van der Waals surface area (Å²) >= 11 is 0. The molecule has 0 unspecified atom stereocenters. The molecule has 0 aliphatic carbocycles. The minimum atomic E-state index is -0.0871. The van der Waals surface area contributed by atoms with Crippen molar-refractivity contribution in [3.8, 4) is 34.1 Å². The van der Waals surface area contributed by atoms with Crippen molar-refractivity contribution in [1.29, 1.82) is 0 Å². The molecule has 420 valence electrons. The first kappa shape index (κ1) is 53.9. The monoisotopic (exact) mass is 1280 g/mol. The standard InChI is InChI=1S/C78H64N5O.Pt/c1-76(2,3)50-39-40-79-73(44-50)83-70-38-35-54(82-68-32-16-14-27-62(68)63-28-15-17-33-69(63)82)46-67(70)64-37-36-56(47-72(64)83)84-55-22-18-21-53(45-55)80-48-81-74-57(49-41-51(77(4,5)6)43-52(42-49)78(7,8)9)29-19-30-65(74)60-25-12-10-23-58(60)59-24-11-13-26-61(59)66-31-20-34-71(80)75(66)81;/h10-44,46,48H,1-9H3;/q-3;. The smallest absolute Gasteiger partial charge is 0.135 e. The molecule has 6 nitrogen and oxygen atoms in total. The first-order chi connectivity index (χ1) is 40.5. The van der Waals surface area contributed by atoms with Crippen LogP contribution in [-0.4, -0.2) is 18.7 Å². The van der Waals surface area contributed by atoms with Crippen molar-refractivity contribution in [2.45, 2.75) is 78.6 Å². The van der Waals surface area contributed by atoms with Crippen LogP contribution in [0.4, 0.5) is 11.4 Å². The van der Waals surface area contributed by atoms with Crippen LogP contribution in [-0.2, 0) is 37.3 Å². The Balaban J connectivity index is 0.00000640. The molecule has 14 aromatic rings. The maximum absolute atomic E-state index is 6.96. The van der Waals surface area contributed by atoms with Crippen LogP contribution < -0.4 is 9.64 Å². The first-order valence-electron chi connectivity index (χ1n) is 29.3. The minimum Gasteiger partial charge on any atom is -0.509 e. The molecule has 7 heteroatoms. The fourth-order valence-corrected chi connectivity index (χ4v) is 12.9. The molecule has 0 atom stereocenters. The van der Waals surface area contributed by atoms with Crippen molar-refractivity contribution in [1.82, 2.24) is 18.7 Å². The zero-order valence-electron chi connectivity index (χ0n) is 49.3. The van der Waals surface area contributed by atoms with Gasteiger partial charge in [0.1, 0.15) is 5.82 Å². The van der Waals surface area contributed by atoms with Gasteiger partial charge in [-0.15, -0.1) is 35.7 Å². The maximum Gasteiger partial charge on any atom is 0.135 e. The van der Waals surface area contributed by atoms with Crippen molar-refractivity contribution in [3.63, 3.8) is 0 Å². The van der Waals surface area contributed by atoms with Crippen LogP contribution in [0.3, 0.4) is 0 Å². The third kappa shape index (κ3) is 8.95. The molecule has 4 aromatic heterocycles. The summed E-state index contributed by atoms with van der Waals surface area (Å²) in [5.74, 6) is 1.98. The molecule has 0 spiro atoms. The van der Waals surface area contributed by atoms with Crippen LogP contribution in [0.1, 0.15) is 79.0 Å². The Morgan fingerprint density at radius 2 is 0.953 bits per heavy atom. The van der Waals surface area contributed by atoms with E-state index in [-0.39, 0.29) is 37.3 Å². The van der Waals surface area contributed by atoms with Crippen LogP contribution in [0.5, 0.6) is 11.5 Å². The quantitative estimate of drug-likeness (QED) is 0.156. The SMILES string of the molecule is CC(C)(C)c1cc(-c2cccc3c4ccccc4c4ccccc4c4cccc5c4n(c23)[CH-]N5c2[c-]c(Oc3[c-]c4c(cc3)c3cc(-n5c6ccccc6c6ccccc65)ccc3n4-c3cc(C(C)(C)C)ccn3)ccc2)cc(C(C)(C)C)c1.[Pt]. The summed E-state index contributed by atoms with van der Waals surface area (Å²) in [7, 11) is 0. The Kier molecular flexibility index (Phi) is 12.7. The zero-order chi connectivity index (χ0) is 57.4. The summed E-state index contributed by atoms with van der Waals surface area (Å²) in [6, 6.07) is 85.0. The molecule has 0 fully saturated rings. The molecular weight excluding hydrogens is 1220 g/mol. The van der Waals surface area contributed by atoms with Gasteiger partial charge in [0.15, 0.2) is 0 Å². The van der Waals surface area contributed by atoms with E-state index in [0.717, 1.165) is 72.1 Å². The Morgan fingerprint density at radius 3 is 1.59 bits per heavy atom. The number of pyridine rings is 1. The van der Waals surface area contributed by atoms with Crippen LogP contribution in [0, 0.1) is 18.8 Å². The molecule has 5 heterocycles. The van der Waals surface area contributed by atoms with Crippen molar-refractivity contribution in [3.05, 3.63) is 254 Å². The fraction of sp³-hybridized carbons (Fsp3) is 0.154. The number of rotatable bonds is 6. The first-order valence-corrected chi connectivity index (χ1v) is 29.3. The van der Waals surface area contributed by atoms with Gasteiger partial charge < -0.3 is 23.3 Å². The van der Waals surface area contributed by atoms with Gasteiger partial charge in [-0.05, 0) is 148 Å². The summed E-state index contributed by atoms with van der Waals surface area (Å²) in [5, 5.41) is 11.7. The normalized spacial score (nSPS) is 12.7. The van der Waals surface area contributed by atoms with Crippen molar-refractivity contribution in [2.75, 3.05) is 4.90 Å². The van der Waals surface area contributed by atoms with E-state index < -0.39 is 0 Å². The average Bonchev–Trinajstić information content (AvgIpc) is 2.01. The van der Waals surface area contributed by atoms with Gasteiger partial charge in [0.25, 0.3) is 0 Å². The number of para-hydroxylation sites is 4. The maximum atomic E-state index is 6.96. The van der Waals surface area contributed by atoms with Gasteiger partial charge in [0.05, 0.1) is 11.0 Å². The molecule has 0 saturated carbocycles. The number of nitrogens with zero attached hydrogens (tertiary/aromatic N) is 5. The predicted octanol–water partition coefficient (Wildman–Crippen LogP) is 20.9. The van der Waals surface area contributed by atoms with E-state index in [0.29, 0.717) is 11.5 Å². The molecule has 0 N–H and O–H groups in total. The molecule has 1 aliphatic heterocycles. The summed E-state index contributed by atoms with van der Waals surface area (Å²) in [6.07, 6.45) is 1.93. The van der Waals surface area contributed by atoms with Crippen molar-refractivity contribution in [2.24, 2.45) is 0 Å². The van der Waals surface area contributed by atoms with E-state index in [2.05, 4.69) is 300 Å².